The Morgan fingerprint density at radius 1 is 0.857 bits per heavy atom. The molecule has 1 atom stereocenters. The van der Waals surface area contributed by atoms with E-state index in [0.29, 0.717) is 0 Å². The number of phosphoric acid groups is 1. The van der Waals surface area contributed by atoms with Gasteiger partial charge in [-0.2, -0.15) is 0 Å². The first kappa shape index (κ1) is 21.1. The monoisotopic (exact) mass is 322 g/mol. The van der Waals surface area contributed by atoms with Crippen molar-refractivity contribution in [1.82, 2.24) is 0 Å². The molecule has 5 heteroatoms. The Morgan fingerprint density at radius 2 is 1.29 bits per heavy atom. The van der Waals surface area contributed by atoms with Crippen LogP contribution in [0.15, 0.2) is 0 Å². The fourth-order valence-corrected chi connectivity index (χ4v) is 3.11. The molecule has 0 bridgehead atoms. The predicted octanol–water partition coefficient (Wildman–Crippen LogP) is 5.84. The molecule has 0 rings (SSSR count). The van der Waals surface area contributed by atoms with E-state index < -0.39 is 7.82 Å². The molecule has 0 amide bonds. The van der Waals surface area contributed by atoms with Crippen LogP contribution in [-0.2, 0) is 13.6 Å². The fraction of sp³-hybridized carbons (Fsp3) is 1.00. The summed E-state index contributed by atoms with van der Waals surface area (Å²) in [5.74, 6) is 0. The molecule has 1 N–H and O–H groups in total. The minimum atomic E-state index is -3.85. The lowest BCUT2D eigenvalue weighted by Gasteiger charge is -2.20. The van der Waals surface area contributed by atoms with Crippen molar-refractivity contribution in [3.63, 3.8) is 0 Å². The number of rotatable bonds is 15. The molecule has 0 heterocycles. The summed E-state index contributed by atoms with van der Waals surface area (Å²) in [6.07, 6.45) is 13.5. The molecule has 0 aliphatic heterocycles. The zero-order valence-corrected chi connectivity index (χ0v) is 15.1. The van der Waals surface area contributed by atoms with Crippen molar-refractivity contribution in [2.45, 2.75) is 97.0 Å². The number of unbranched alkanes of at least 4 members (excludes halogenated alkanes) is 8. The maximum absolute atomic E-state index is 11.6. The number of hydrogen-bond donors (Lipinski definition) is 1. The number of hydrogen-bond acceptors (Lipinski definition) is 3. The van der Waals surface area contributed by atoms with Crippen LogP contribution in [0.4, 0.5) is 0 Å². The second-order valence-electron chi connectivity index (χ2n) is 5.78. The molecular weight excluding hydrogens is 287 g/mol. The molecule has 0 spiro atoms. The second-order valence-corrected chi connectivity index (χ2v) is 7.30. The van der Waals surface area contributed by atoms with Crippen molar-refractivity contribution < 1.29 is 18.5 Å². The van der Waals surface area contributed by atoms with Crippen LogP contribution >= 0.6 is 7.82 Å². The average Bonchev–Trinajstić information content (AvgIpc) is 2.46. The first-order valence-corrected chi connectivity index (χ1v) is 10.1. The largest absolute Gasteiger partial charge is 0.472 e. The Morgan fingerprint density at radius 3 is 1.67 bits per heavy atom. The van der Waals surface area contributed by atoms with Crippen LogP contribution in [0, 0.1) is 0 Å². The lowest BCUT2D eigenvalue weighted by Crippen LogP contribution is -2.12. The summed E-state index contributed by atoms with van der Waals surface area (Å²) in [7, 11) is -2.63. The topological polar surface area (TPSA) is 55.8 Å². The smallest absolute Gasteiger partial charge is 0.302 e. The summed E-state index contributed by atoms with van der Waals surface area (Å²) < 4.78 is 21.4. The van der Waals surface area contributed by atoms with Gasteiger partial charge in [0.25, 0.3) is 0 Å². The van der Waals surface area contributed by atoms with Gasteiger partial charge in [-0.1, -0.05) is 78.1 Å². The highest BCUT2D eigenvalue weighted by atomic mass is 31.2. The lowest BCUT2D eigenvalue weighted by molar-refractivity contribution is 0.103. The van der Waals surface area contributed by atoms with Crippen molar-refractivity contribution in [2.75, 3.05) is 7.11 Å². The van der Waals surface area contributed by atoms with E-state index in [1.165, 1.54) is 58.5 Å². The summed E-state index contributed by atoms with van der Waals surface area (Å²) in [4.78, 5) is 9.49. The van der Waals surface area contributed by atoms with E-state index in [2.05, 4.69) is 18.4 Å². The molecule has 128 valence electrons. The van der Waals surface area contributed by atoms with Gasteiger partial charge in [0.15, 0.2) is 0 Å². The van der Waals surface area contributed by atoms with Gasteiger partial charge < -0.3 is 4.89 Å². The summed E-state index contributed by atoms with van der Waals surface area (Å²) in [6, 6.07) is 0. The highest BCUT2D eigenvalue weighted by Crippen LogP contribution is 2.45. The molecule has 0 saturated heterocycles. The predicted molar refractivity (Wildman–Crippen MR) is 88.5 cm³/mol. The minimum absolute atomic E-state index is 0.149. The van der Waals surface area contributed by atoms with Gasteiger partial charge in [0, 0.05) is 7.11 Å². The van der Waals surface area contributed by atoms with Crippen LogP contribution in [-0.4, -0.2) is 18.1 Å². The Kier molecular flexibility index (Phi) is 13.8. The molecule has 1 unspecified atom stereocenters. The summed E-state index contributed by atoms with van der Waals surface area (Å²) >= 11 is 0. The van der Waals surface area contributed by atoms with Crippen LogP contribution in [0.25, 0.3) is 0 Å². The van der Waals surface area contributed by atoms with Gasteiger partial charge in [-0.3, -0.25) is 9.05 Å². The maximum Gasteiger partial charge on any atom is 0.472 e. The minimum Gasteiger partial charge on any atom is -0.302 e. The van der Waals surface area contributed by atoms with Crippen LogP contribution in [0.3, 0.4) is 0 Å². The Hall–Kier alpha value is 0.110. The summed E-state index contributed by atoms with van der Waals surface area (Å²) in [5.41, 5.74) is 0. The van der Waals surface area contributed by atoms with Gasteiger partial charge in [0.2, 0.25) is 0 Å². The summed E-state index contributed by atoms with van der Waals surface area (Å²) in [5, 5.41) is 0. The van der Waals surface area contributed by atoms with Crippen molar-refractivity contribution in [3.8, 4) is 0 Å². The van der Waals surface area contributed by atoms with Crippen LogP contribution in [0.2, 0.25) is 0 Å². The lowest BCUT2D eigenvalue weighted by atomic mass is 10.0. The van der Waals surface area contributed by atoms with Crippen molar-refractivity contribution >= 4 is 7.82 Å². The van der Waals surface area contributed by atoms with Crippen molar-refractivity contribution in [1.29, 1.82) is 0 Å². The molecule has 0 aromatic heterocycles. The number of phosphoric ester groups is 1. The van der Waals surface area contributed by atoms with E-state index in [9.17, 15) is 9.46 Å². The maximum atomic E-state index is 11.6. The van der Waals surface area contributed by atoms with E-state index >= 15 is 0 Å². The quantitative estimate of drug-likeness (QED) is 0.304. The fourth-order valence-electron chi connectivity index (χ4n) is 2.43. The first-order chi connectivity index (χ1) is 10.1. The van der Waals surface area contributed by atoms with E-state index in [0.717, 1.165) is 25.7 Å². The molecule has 0 aromatic carbocycles. The molecular formula is C16H35O4P. The molecule has 0 fully saturated rings. The third-order valence-corrected chi connectivity index (χ3v) is 4.80. The van der Waals surface area contributed by atoms with Gasteiger partial charge in [0.1, 0.15) is 0 Å². The molecule has 0 radical (unpaired) electrons. The second kappa shape index (κ2) is 13.8. The van der Waals surface area contributed by atoms with E-state index in [4.69, 9.17) is 4.52 Å². The van der Waals surface area contributed by atoms with Crippen LogP contribution in [0.5, 0.6) is 0 Å². The molecule has 21 heavy (non-hydrogen) atoms. The van der Waals surface area contributed by atoms with Gasteiger partial charge in [0.05, 0.1) is 6.10 Å². The van der Waals surface area contributed by atoms with Gasteiger partial charge in [-0.25, -0.2) is 4.57 Å². The van der Waals surface area contributed by atoms with Crippen LogP contribution < -0.4 is 0 Å². The van der Waals surface area contributed by atoms with Crippen molar-refractivity contribution in [3.05, 3.63) is 0 Å². The third kappa shape index (κ3) is 13.5. The highest BCUT2D eigenvalue weighted by molar-refractivity contribution is 7.47. The zero-order valence-electron chi connectivity index (χ0n) is 14.2. The average molecular weight is 322 g/mol. The SMILES string of the molecule is CCCCCCCC(CCCCCCC)OP(=O)(O)OC. The molecule has 0 aliphatic rings. The standard InChI is InChI=1S/C16H35O4P/c1-4-6-8-10-12-14-16(20-21(17,18)19-3)15-13-11-9-7-5-2/h16H,4-15H2,1-3H3,(H,17,18). The molecule has 4 nitrogen and oxygen atoms in total. The van der Waals surface area contributed by atoms with E-state index in [1.54, 1.807) is 0 Å². The van der Waals surface area contributed by atoms with Gasteiger partial charge >= 0.3 is 7.82 Å². The van der Waals surface area contributed by atoms with Gasteiger partial charge in [-0.15, -0.1) is 0 Å². The van der Waals surface area contributed by atoms with Crippen LogP contribution in [0.1, 0.15) is 90.9 Å². The van der Waals surface area contributed by atoms with Gasteiger partial charge in [-0.05, 0) is 12.8 Å². The molecule has 0 aliphatic carbocycles. The Bertz CT molecular complexity index is 257. The van der Waals surface area contributed by atoms with E-state index in [-0.39, 0.29) is 6.10 Å². The van der Waals surface area contributed by atoms with Crippen molar-refractivity contribution in [2.24, 2.45) is 0 Å². The highest BCUT2D eigenvalue weighted by Gasteiger charge is 2.24. The molecule has 0 aromatic rings. The molecule has 0 saturated carbocycles. The Labute approximate surface area is 131 Å². The third-order valence-electron chi connectivity index (χ3n) is 3.77. The first-order valence-electron chi connectivity index (χ1n) is 8.62. The zero-order chi connectivity index (χ0) is 16.0. The van der Waals surface area contributed by atoms with E-state index in [1.807, 2.05) is 0 Å². The Balaban J connectivity index is 4.00. The normalized spacial score (nSPS) is 14.5. The summed E-state index contributed by atoms with van der Waals surface area (Å²) in [6.45, 7) is 4.39.